The average Bonchev–Trinajstić information content (AvgIpc) is 2.71. The molecule has 0 aliphatic heterocycles. The Morgan fingerprint density at radius 2 is 1.31 bits per heavy atom. The van der Waals surface area contributed by atoms with E-state index in [4.69, 9.17) is 0 Å². The quantitative estimate of drug-likeness (QED) is 0.326. The first-order valence-corrected chi connectivity index (χ1v) is 11.2. The largest absolute Gasteiger partial charge is 0.416 e. The van der Waals surface area contributed by atoms with Gasteiger partial charge < -0.3 is 4.90 Å². The van der Waals surface area contributed by atoms with Gasteiger partial charge in [-0.15, -0.1) is 0 Å². The second kappa shape index (κ2) is 12.9. The zero-order valence-electron chi connectivity index (χ0n) is 18.5. The Bertz CT molecular complexity index is 565. The molecule has 0 aromatic heterocycles. The van der Waals surface area contributed by atoms with Gasteiger partial charge in [0.15, 0.2) is 0 Å². The molecule has 1 rings (SSSR count). The fraction of sp³-hybridized carbons (Fsp3) is 0.708. The first kappa shape index (κ1) is 25.5. The van der Waals surface area contributed by atoms with Crippen LogP contribution >= 0.6 is 0 Å². The van der Waals surface area contributed by atoms with Gasteiger partial charge in [-0.2, -0.15) is 13.2 Å². The molecule has 0 N–H and O–H groups in total. The molecule has 1 amide bonds. The fourth-order valence-electron chi connectivity index (χ4n) is 3.68. The highest BCUT2D eigenvalue weighted by Gasteiger charge is 2.30. The van der Waals surface area contributed by atoms with Crippen molar-refractivity contribution < 1.29 is 18.0 Å². The third-order valence-corrected chi connectivity index (χ3v) is 5.79. The second-order valence-electron chi connectivity index (χ2n) is 8.12. The van der Waals surface area contributed by atoms with Crippen LogP contribution in [0, 0.1) is 11.8 Å². The summed E-state index contributed by atoms with van der Waals surface area (Å²) in [5.41, 5.74) is -0.377. The molecule has 0 radical (unpaired) electrons. The van der Waals surface area contributed by atoms with Crippen molar-refractivity contribution in [2.24, 2.45) is 11.8 Å². The van der Waals surface area contributed by atoms with Crippen LogP contribution in [0.2, 0.25) is 0 Å². The molecule has 0 aliphatic rings. The topological polar surface area (TPSA) is 20.3 Å². The van der Waals surface area contributed by atoms with Crippen LogP contribution in [0.1, 0.15) is 95.0 Å². The predicted octanol–water partition coefficient (Wildman–Crippen LogP) is 7.58. The molecule has 1 aromatic rings. The van der Waals surface area contributed by atoms with Crippen molar-refractivity contribution >= 4 is 5.91 Å². The van der Waals surface area contributed by atoms with Crippen LogP contribution in [-0.4, -0.2) is 23.9 Å². The smallest absolute Gasteiger partial charge is 0.338 e. The number of amides is 1. The summed E-state index contributed by atoms with van der Waals surface area (Å²) >= 11 is 0. The van der Waals surface area contributed by atoms with Crippen LogP contribution < -0.4 is 0 Å². The summed E-state index contributed by atoms with van der Waals surface area (Å²) in [4.78, 5) is 15.1. The Morgan fingerprint density at radius 1 is 0.862 bits per heavy atom. The number of hydrogen-bond acceptors (Lipinski definition) is 1. The minimum Gasteiger partial charge on any atom is -0.338 e. The molecular weight excluding hydrogens is 375 g/mol. The summed E-state index contributed by atoms with van der Waals surface area (Å²) in [6.45, 7) is 9.98. The molecule has 0 fully saturated rings. The Hall–Kier alpha value is -1.52. The number of halogens is 3. The van der Waals surface area contributed by atoms with Gasteiger partial charge in [-0.1, -0.05) is 66.2 Å². The lowest BCUT2D eigenvalue weighted by atomic mass is 9.95. The number of hydrogen-bond donors (Lipinski definition) is 0. The van der Waals surface area contributed by atoms with Crippen molar-refractivity contribution in [2.75, 3.05) is 13.1 Å². The van der Waals surface area contributed by atoms with Crippen LogP contribution in [0.25, 0.3) is 0 Å². The Kier molecular flexibility index (Phi) is 11.4. The standard InChI is InChI=1S/C24H38F3NO/c1-5-9-11-19(7-3)17-28(18-20(8-4)12-10-6-2)23(29)21-13-15-22(16-14-21)24(25,26)27/h13-16,19-20H,5-12,17-18H2,1-4H3. The highest BCUT2D eigenvalue weighted by atomic mass is 19.4. The molecule has 0 heterocycles. The summed E-state index contributed by atoms with van der Waals surface area (Å²) in [7, 11) is 0. The van der Waals surface area contributed by atoms with E-state index in [1.165, 1.54) is 12.1 Å². The second-order valence-corrected chi connectivity index (χ2v) is 8.12. The van der Waals surface area contributed by atoms with Crippen molar-refractivity contribution in [1.29, 1.82) is 0 Å². The molecule has 0 bridgehead atoms. The summed E-state index contributed by atoms with van der Waals surface area (Å²) in [5.74, 6) is 0.706. The van der Waals surface area contributed by atoms with Crippen molar-refractivity contribution in [2.45, 2.75) is 85.2 Å². The molecule has 29 heavy (non-hydrogen) atoms. The highest BCUT2D eigenvalue weighted by molar-refractivity contribution is 5.94. The minimum atomic E-state index is -4.39. The number of benzene rings is 1. The van der Waals surface area contributed by atoms with E-state index in [0.29, 0.717) is 30.5 Å². The average molecular weight is 414 g/mol. The van der Waals surface area contributed by atoms with Gasteiger partial charge in [-0.05, 0) is 48.9 Å². The summed E-state index contributed by atoms with van der Waals surface area (Å²) < 4.78 is 38.6. The minimum absolute atomic E-state index is 0.149. The SMILES string of the molecule is CCCCC(CC)CN(CC(CC)CCCC)C(=O)c1ccc(C(F)(F)F)cc1. The number of carbonyl (C=O) groups is 1. The Labute approximate surface area is 174 Å². The molecule has 2 atom stereocenters. The Balaban J connectivity index is 3.01. The van der Waals surface area contributed by atoms with Gasteiger partial charge >= 0.3 is 6.18 Å². The van der Waals surface area contributed by atoms with Gasteiger partial charge in [0, 0.05) is 18.7 Å². The molecule has 1 aromatic carbocycles. The zero-order chi connectivity index (χ0) is 21.9. The monoisotopic (exact) mass is 413 g/mol. The van der Waals surface area contributed by atoms with E-state index in [-0.39, 0.29) is 5.91 Å². The molecule has 5 heteroatoms. The van der Waals surface area contributed by atoms with Crippen LogP contribution in [0.4, 0.5) is 13.2 Å². The molecular formula is C24H38F3NO. The maximum Gasteiger partial charge on any atom is 0.416 e. The zero-order valence-corrected chi connectivity index (χ0v) is 18.5. The first-order valence-electron chi connectivity index (χ1n) is 11.2. The summed E-state index contributed by atoms with van der Waals surface area (Å²) in [6.07, 6.45) is 4.29. The van der Waals surface area contributed by atoms with Gasteiger partial charge in [-0.3, -0.25) is 4.79 Å². The van der Waals surface area contributed by atoms with Gasteiger partial charge in [-0.25, -0.2) is 0 Å². The number of rotatable bonds is 13. The van der Waals surface area contributed by atoms with Crippen LogP contribution in [0.15, 0.2) is 24.3 Å². The van der Waals surface area contributed by atoms with Crippen LogP contribution in [0.3, 0.4) is 0 Å². The summed E-state index contributed by atoms with van der Waals surface area (Å²) in [5, 5.41) is 0. The van der Waals surface area contributed by atoms with Gasteiger partial charge in [0.05, 0.1) is 5.56 Å². The van der Waals surface area contributed by atoms with Crippen molar-refractivity contribution in [3.8, 4) is 0 Å². The fourth-order valence-corrected chi connectivity index (χ4v) is 3.68. The highest BCUT2D eigenvalue weighted by Crippen LogP contribution is 2.29. The third-order valence-electron chi connectivity index (χ3n) is 5.79. The van der Waals surface area contributed by atoms with Crippen LogP contribution in [0.5, 0.6) is 0 Å². The molecule has 0 saturated carbocycles. The number of carbonyl (C=O) groups excluding carboxylic acids is 1. The maximum atomic E-state index is 13.2. The molecule has 166 valence electrons. The normalized spacial score (nSPS) is 13.9. The third kappa shape index (κ3) is 8.79. The number of unbranched alkanes of at least 4 members (excludes halogenated alkanes) is 2. The maximum absolute atomic E-state index is 13.2. The van der Waals surface area contributed by atoms with E-state index in [1.54, 1.807) is 0 Å². The molecule has 2 unspecified atom stereocenters. The van der Waals surface area contributed by atoms with Gasteiger partial charge in [0.1, 0.15) is 0 Å². The summed E-state index contributed by atoms with van der Waals surface area (Å²) in [6, 6.07) is 4.65. The van der Waals surface area contributed by atoms with E-state index in [0.717, 1.165) is 63.5 Å². The van der Waals surface area contributed by atoms with Gasteiger partial charge in [0.2, 0.25) is 0 Å². The van der Waals surface area contributed by atoms with E-state index in [2.05, 4.69) is 27.7 Å². The predicted molar refractivity (Wildman–Crippen MR) is 114 cm³/mol. The lowest BCUT2D eigenvalue weighted by Gasteiger charge is -2.31. The van der Waals surface area contributed by atoms with E-state index in [9.17, 15) is 18.0 Å². The van der Waals surface area contributed by atoms with E-state index in [1.807, 2.05) is 4.90 Å². The molecule has 0 aliphatic carbocycles. The van der Waals surface area contributed by atoms with E-state index < -0.39 is 11.7 Å². The van der Waals surface area contributed by atoms with Crippen molar-refractivity contribution in [3.05, 3.63) is 35.4 Å². The van der Waals surface area contributed by atoms with Crippen molar-refractivity contribution in [1.82, 2.24) is 4.90 Å². The Morgan fingerprint density at radius 3 is 1.66 bits per heavy atom. The molecule has 0 saturated heterocycles. The number of alkyl halides is 3. The van der Waals surface area contributed by atoms with Gasteiger partial charge in [0.25, 0.3) is 5.91 Å². The van der Waals surface area contributed by atoms with Crippen LogP contribution in [-0.2, 0) is 6.18 Å². The lowest BCUT2D eigenvalue weighted by molar-refractivity contribution is -0.137. The molecule has 2 nitrogen and oxygen atoms in total. The van der Waals surface area contributed by atoms with E-state index >= 15 is 0 Å². The number of nitrogens with zero attached hydrogens (tertiary/aromatic N) is 1. The van der Waals surface area contributed by atoms with Crippen molar-refractivity contribution in [3.63, 3.8) is 0 Å². The lowest BCUT2D eigenvalue weighted by Crippen LogP contribution is -2.39. The first-order chi connectivity index (χ1) is 13.8. The molecule has 0 spiro atoms.